The second-order valence-corrected chi connectivity index (χ2v) is 5.95. The topological polar surface area (TPSA) is 29.5 Å². The smallest absolute Gasteiger partial charge is 0.333 e. The number of carbonyl (C=O) groups excluding carboxylic acids is 1. The molecule has 0 radical (unpaired) electrons. The summed E-state index contributed by atoms with van der Waals surface area (Å²) in [5, 5.41) is 0. The molecule has 3 heteroatoms. The fourth-order valence-corrected chi connectivity index (χ4v) is 1.71. The minimum Gasteiger partial charge on any atom is -0.461 e. The summed E-state index contributed by atoms with van der Waals surface area (Å²) in [6.07, 6.45) is 8.11. The van der Waals surface area contributed by atoms with Crippen LogP contribution in [0.5, 0.6) is 0 Å². The Labute approximate surface area is 130 Å². The van der Waals surface area contributed by atoms with Crippen molar-refractivity contribution in [3.05, 3.63) is 35.5 Å². The van der Waals surface area contributed by atoms with Gasteiger partial charge in [0.1, 0.15) is 6.61 Å². The molecular formula is C18H31NO2. The Kier molecular flexibility index (Phi) is 10.6. The predicted octanol–water partition coefficient (Wildman–Crippen LogP) is 4.12. The van der Waals surface area contributed by atoms with Gasteiger partial charge in [0.15, 0.2) is 0 Å². The SMILES string of the molecule is C=C(CCC=C(C)CCC=C(C)C)C(=O)OCCN(C)C. The molecule has 0 saturated heterocycles. The first-order valence-corrected chi connectivity index (χ1v) is 7.61. The first-order valence-electron chi connectivity index (χ1n) is 7.61. The van der Waals surface area contributed by atoms with E-state index in [2.05, 4.69) is 39.5 Å². The molecule has 0 aliphatic heterocycles. The Morgan fingerprint density at radius 2 is 1.71 bits per heavy atom. The lowest BCUT2D eigenvalue weighted by Crippen LogP contribution is -2.20. The van der Waals surface area contributed by atoms with Gasteiger partial charge in [-0.05, 0) is 60.5 Å². The Hall–Kier alpha value is -1.35. The van der Waals surface area contributed by atoms with Gasteiger partial charge in [-0.2, -0.15) is 0 Å². The molecule has 0 N–H and O–H groups in total. The van der Waals surface area contributed by atoms with Crippen LogP contribution < -0.4 is 0 Å². The third-order valence-electron chi connectivity index (χ3n) is 3.09. The molecule has 0 heterocycles. The molecular weight excluding hydrogens is 262 g/mol. The highest BCUT2D eigenvalue weighted by Crippen LogP contribution is 2.11. The first-order chi connectivity index (χ1) is 9.82. The molecule has 120 valence electrons. The minimum absolute atomic E-state index is 0.271. The van der Waals surface area contributed by atoms with Gasteiger partial charge in [-0.3, -0.25) is 0 Å². The van der Waals surface area contributed by atoms with Crippen molar-refractivity contribution >= 4 is 5.97 Å². The van der Waals surface area contributed by atoms with Crippen LogP contribution in [0, 0.1) is 0 Å². The summed E-state index contributed by atoms with van der Waals surface area (Å²) < 4.78 is 5.15. The van der Waals surface area contributed by atoms with E-state index < -0.39 is 0 Å². The standard InChI is InChI=1S/C18H31NO2/c1-15(2)9-7-10-16(3)11-8-12-17(4)18(20)21-14-13-19(5)6/h9,11H,4,7-8,10,12-14H2,1-3,5-6H3. The van der Waals surface area contributed by atoms with Crippen molar-refractivity contribution in [2.75, 3.05) is 27.2 Å². The molecule has 0 amide bonds. The van der Waals surface area contributed by atoms with Crippen LogP contribution in [0.3, 0.4) is 0 Å². The largest absolute Gasteiger partial charge is 0.461 e. The molecule has 0 fully saturated rings. The highest BCUT2D eigenvalue weighted by molar-refractivity contribution is 5.87. The van der Waals surface area contributed by atoms with Gasteiger partial charge in [0.2, 0.25) is 0 Å². The quantitative estimate of drug-likeness (QED) is 0.345. The first kappa shape index (κ1) is 19.7. The van der Waals surface area contributed by atoms with Gasteiger partial charge in [0.25, 0.3) is 0 Å². The average molecular weight is 293 g/mol. The highest BCUT2D eigenvalue weighted by Gasteiger charge is 2.07. The molecule has 0 unspecified atom stereocenters. The summed E-state index contributed by atoms with van der Waals surface area (Å²) in [6, 6.07) is 0. The zero-order valence-electron chi connectivity index (χ0n) is 14.4. The Morgan fingerprint density at radius 3 is 2.29 bits per heavy atom. The van der Waals surface area contributed by atoms with Crippen LogP contribution in [0.25, 0.3) is 0 Å². The number of carbonyl (C=O) groups is 1. The minimum atomic E-state index is -0.271. The molecule has 21 heavy (non-hydrogen) atoms. The number of rotatable bonds is 10. The summed E-state index contributed by atoms with van der Waals surface area (Å²) in [5.74, 6) is -0.271. The van der Waals surface area contributed by atoms with Crippen molar-refractivity contribution in [1.29, 1.82) is 0 Å². The van der Waals surface area contributed by atoms with Crippen molar-refractivity contribution < 1.29 is 9.53 Å². The lowest BCUT2D eigenvalue weighted by atomic mass is 10.1. The molecule has 0 atom stereocenters. The lowest BCUT2D eigenvalue weighted by Gasteiger charge is -2.10. The molecule has 0 saturated carbocycles. The second kappa shape index (κ2) is 11.3. The molecule has 3 nitrogen and oxygen atoms in total. The van der Waals surface area contributed by atoms with Crippen LogP contribution in [-0.4, -0.2) is 38.1 Å². The number of hydrogen-bond acceptors (Lipinski definition) is 3. The fraction of sp³-hybridized carbons (Fsp3) is 0.611. The third-order valence-corrected chi connectivity index (χ3v) is 3.09. The van der Waals surface area contributed by atoms with Crippen LogP contribution in [-0.2, 0) is 9.53 Å². The van der Waals surface area contributed by atoms with Crippen molar-refractivity contribution in [3.63, 3.8) is 0 Å². The molecule has 0 aromatic rings. The summed E-state index contributed by atoms with van der Waals surface area (Å²) >= 11 is 0. The van der Waals surface area contributed by atoms with E-state index in [4.69, 9.17) is 4.74 Å². The number of nitrogens with zero attached hydrogens (tertiary/aromatic N) is 1. The molecule has 0 aromatic carbocycles. The summed E-state index contributed by atoms with van der Waals surface area (Å²) in [7, 11) is 3.90. The van der Waals surface area contributed by atoms with E-state index in [9.17, 15) is 4.79 Å². The van der Waals surface area contributed by atoms with Gasteiger partial charge in [-0.15, -0.1) is 0 Å². The van der Waals surface area contributed by atoms with Gasteiger partial charge in [-0.1, -0.05) is 29.9 Å². The predicted molar refractivity (Wildman–Crippen MR) is 90.3 cm³/mol. The third kappa shape index (κ3) is 12.1. The molecule has 0 bridgehead atoms. The van der Waals surface area contributed by atoms with Crippen molar-refractivity contribution in [3.8, 4) is 0 Å². The van der Waals surface area contributed by atoms with Crippen LogP contribution in [0.1, 0.15) is 46.5 Å². The zero-order chi connectivity index (χ0) is 16.3. The van der Waals surface area contributed by atoms with E-state index >= 15 is 0 Å². The van der Waals surface area contributed by atoms with E-state index in [0.717, 1.165) is 25.8 Å². The monoisotopic (exact) mass is 293 g/mol. The molecule has 0 aliphatic rings. The van der Waals surface area contributed by atoms with Gasteiger partial charge in [-0.25, -0.2) is 4.79 Å². The van der Waals surface area contributed by atoms with Gasteiger partial charge in [0.05, 0.1) is 0 Å². The number of likely N-dealkylation sites (N-methyl/N-ethyl adjacent to an activating group) is 1. The number of hydrogen-bond donors (Lipinski definition) is 0. The molecule has 0 aliphatic carbocycles. The van der Waals surface area contributed by atoms with Crippen LogP contribution >= 0.6 is 0 Å². The average Bonchev–Trinajstić information content (AvgIpc) is 2.37. The van der Waals surface area contributed by atoms with E-state index in [1.54, 1.807) is 0 Å². The van der Waals surface area contributed by atoms with Crippen molar-refractivity contribution in [1.82, 2.24) is 4.90 Å². The molecule has 0 aromatic heterocycles. The molecule has 0 rings (SSSR count). The number of allylic oxidation sites excluding steroid dienone is 4. The van der Waals surface area contributed by atoms with Crippen LogP contribution in [0.15, 0.2) is 35.5 Å². The van der Waals surface area contributed by atoms with E-state index in [1.807, 2.05) is 19.0 Å². The van der Waals surface area contributed by atoms with Crippen LogP contribution in [0.4, 0.5) is 0 Å². The second-order valence-electron chi connectivity index (χ2n) is 5.95. The van der Waals surface area contributed by atoms with E-state index in [1.165, 1.54) is 11.1 Å². The highest BCUT2D eigenvalue weighted by atomic mass is 16.5. The summed E-state index contributed by atoms with van der Waals surface area (Å²) in [5.41, 5.74) is 3.28. The van der Waals surface area contributed by atoms with Crippen molar-refractivity contribution in [2.45, 2.75) is 46.5 Å². The van der Waals surface area contributed by atoms with E-state index in [0.29, 0.717) is 18.6 Å². The Bertz CT molecular complexity index is 388. The van der Waals surface area contributed by atoms with Gasteiger partial charge < -0.3 is 9.64 Å². The fourth-order valence-electron chi connectivity index (χ4n) is 1.71. The lowest BCUT2D eigenvalue weighted by molar-refractivity contribution is -0.139. The van der Waals surface area contributed by atoms with E-state index in [-0.39, 0.29) is 5.97 Å². The maximum absolute atomic E-state index is 11.7. The zero-order valence-corrected chi connectivity index (χ0v) is 14.4. The maximum Gasteiger partial charge on any atom is 0.333 e. The maximum atomic E-state index is 11.7. The van der Waals surface area contributed by atoms with Gasteiger partial charge in [0, 0.05) is 12.1 Å². The number of esters is 1. The van der Waals surface area contributed by atoms with Gasteiger partial charge >= 0.3 is 5.97 Å². The number of ether oxygens (including phenoxy) is 1. The normalized spacial score (nSPS) is 11.4. The Balaban J connectivity index is 3.91. The Morgan fingerprint density at radius 1 is 1.10 bits per heavy atom. The molecule has 0 spiro atoms. The summed E-state index contributed by atoms with van der Waals surface area (Å²) in [6.45, 7) is 11.3. The van der Waals surface area contributed by atoms with Crippen molar-refractivity contribution in [2.24, 2.45) is 0 Å². The van der Waals surface area contributed by atoms with Crippen LogP contribution in [0.2, 0.25) is 0 Å². The summed E-state index contributed by atoms with van der Waals surface area (Å²) in [4.78, 5) is 13.7.